The summed E-state index contributed by atoms with van der Waals surface area (Å²) in [5, 5.41) is 0.553. The van der Waals surface area contributed by atoms with Crippen molar-refractivity contribution in [1.82, 2.24) is 9.97 Å². The molecule has 106 valence electrons. The van der Waals surface area contributed by atoms with E-state index in [0.29, 0.717) is 11.2 Å². The van der Waals surface area contributed by atoms with Gasteiger partial charge in [-0.1, -0.05) is 45.7 Å². The fraction of sp³-hybridized carbons (Fsp3) is 0.733. The summed E-state index contributed by atoms with van der Waals surface area (Å²) >= 11 is 6.18. The molecule has 0 amide bonds. The Hall–Kier alpha value is -0.830. The van der Waals surface area contributed by atoms with Crippen LogP contribution in [0.5, 0.6) is 0 Å². The van der Waals surface area contributed by atoms with Gasteiger partial charge in [-0.15, -0.1) is 0 Å². The fourth-order valence-electron chi connectivity index (χ4n) is 2.09. The summed E-state index contributed by atoms with van der Waals surface area (Å²) in [4.78, 5) is 11.5. The van der Waals surface area contributed by atoms with Crippen LogP contribution in [-0.4, -0.2) is 22.6 Å². The molecular weight excluding hydrogens is 258 g/mol. The maximum absolute atomic E-state index is 6.18. The highest BCUT2D eigenvalue weighted by Gasteiger charge is 2.30. The quantitative estimate of drug-likeness (QED) is 0.758. The highest BCUT2D eigenvalue weighted by Crippen LogP contribution is 2.33. The van der Waals surface area contributed by atoms with Gasteiger partial charge >= 0.3 is 0 Å². The molecule has 0 N–H and O–H groups in total. The minimum absolute atomic E-state index is 0.0698. The van der Waals surface area contributed by atoms with E-state index in [0.717, 1.165) is 18.2 Å². The maximum atomic E-state index is 6.18. The van der Waals surface area contributed by atoms with Crippen molar-refractivity contribution < 1.29 is 0 Å². The van der Waals surface area contributed by atoms with Crippen molar-refractivity contribution in [3.8, 4) is 0 Å². The van der Waals surface area contributed by atoms with Gasteiger partial charge in [-0.05, 0) is 19.3 Å². The summed E-state index contributed by atoms with van der Waals surface area (Å²) in [7, 11) is 0. The van der Waals surface area contributed by atoms with Gasteiger partial charge in [-0.25, -0.2) is 9.97 Å². The van der Waals surface area contributed by atoms with Crippen LogP contribution in [0.15, 0.2) is 6.07 Å². The van der Waals surface area contributed by atoms with Gasteiger partial charge in [0.05, 0.1) is 0 Å². The first-order valence-corrected chi connectivity index (χ1v) is 7.61. The van der Waals surface area contributed by atoms with Crippen molar-refractivity contribution in [2.24, 2.45) is 0 Å². The van der Waals surface area contributed by atoms with E-state index in [-0.39, 0.29) is 5.41 Å². The number of hydrogen-bond donors (Lipinski definition) is 0. The van der Waals surface area contributed by atoms with E-state index in [4.69, 9.17) is 16.6 Å². The van der Waals surface area contributed by atoms with Crippen molar-refractivity contribution in [3.63, 3.8) is 0 Å². The second-order valence-electron chi connectivity index (χ2n) is 6.40. The first-order valence-electron chi connectivity index (χ1n) is 7.23. The first kappa shape index (κ1) is 14.6. The summed E-state index contributed by atoms with van der Waals surface area (Å²) in [5.41, 5.74) is -0.0698. The molecule has 1 heterocycles. The molecule has 0 unspecified atom stereocenters. The van der Waals surface area contributed by atoms with Crippen molar-refractivity contribution >= 4 is 17.4 Å². The molecule has 1 aromatic rings. The molecule has 0 atom stereocenters. The number of nitrogens with zero attached hydrogens (tertiary/aromatic N) is 3. The number of halogens is 1. The predicted molar refractivity (Wildman–Crippen MR) is 81.0 cm³/mol. The molecule has 0 aromatic carbocycles. The molecule has 2 rings (SSSR count). The fourth-order valence-corrected chi connectivity index (χ4v) is 2.26. The third-order valence-electron chi connectivity index (χ3n) is 3.39. The molecule has 1 aliphatic carbocycles. The van der Waals surface area contributed by atoms with Crippen LogP contribution in [-0.2, 0) is 5.41 Å². The summed E-state index contributed by atoms with van der Waals surface area (Å²) in [6.45, 7) is 9.65. The second kappa shape index (κ2) is 5.66. The van der Waals surface area contributed by atoms with Gasteiger partial charge in [-0.2, -0.15) is 0 Å². The standard InChI is InChI=1S/C15H24ClN3/c1-5-6-9-19(11-7-8-11)13-10-12(16)17-14(18-13)15(2,3)4/h10-11H,5-9H2,1-4H3. The van der Waals surface area contributed by atoms with Gasteiger partial charge in [0.1, 0.15) is 16.8 Å². The van der Waals surface area contributed by atoms with Crippen LogP contribution in [0.1, 0.15) is 59.2 Å². The highest BCUT2D eigenvalue weighted by atomic mass is 35.5. The number of aromatic nitrogens is 2. The lowest BCUT2D eigenvalue weighted by molar-refractivity contribution is 0.543. The number of anilines is 1. The number of rotatable bonds is 5. The lowest BCUT2D eigenvalue weighted by atomic mass is 9.96. The minimum atomic E-state index is -0.0698. The summed E-state index contributed by atoms with van der Waals surface area (Å²) < 4.78 is 0. The Labute approximate surface area is 121 Å². The molecule has 0 bridgehead atoms. The van der Waals surface area contributed by atoms with E-state index in [1.165, 1.54) is 25.7 Å². The molecule has 1 aromatic heterocycles. The first-order chi connectivity index (χ1) is 8.91. The molecule has 19 heavy (non-hydrogen) atoms. The molecule has 0 saturated heterocycles. The maximum Gasteiger partial charge on any atom is 0.137 e. The molecule has 1 fully saturated rings. The van der Waals surface area contributed by atoms with E-state index in [2.05, 4.69) is 37.6 Å². The summed E-state index contributed by atoms with van der Waals surface area (Å²) in [6.07, 6.45) is 4.95. The smallest absolute Gasteiger partial charge is 0.137 e. The van der Waals surface area contributed by atoms with E-state index in [9.17, 15) is 0 Å². The zero-order valence-corrected chi connectivity index (χ0v) is 13.2. The van der Waals surface area contributed by atoms with Crippen molar-refractivity contribution in [1.29, 1.82) is 0 Å². The van der Waals surface area contributed by atoms with Gasteiger partial charge in [-0.3, -0.25) is 0 Å². The summed E-state index contributed by atoms with van der Waals surface area (Å²) in [5.74, 6) is 1.83. The monoisotopic (exact) mass is 281 g/mol. The van der Waals surface area contributed by atoms with Gasteiger partial charge in [0.25, 0.3) is 0 Å². The van der Waals surface area contributed by atoms with Gasteiger partial charge in [0, 0.05) is 24.1 Å². The van der Waals surface area contributed by atoms with Crippen LogP contribution in [0.25, 0.3) is 0 Å². The summed E-state index contributed by atoms with van der Waals surface area (Å²) in [6, 6.07) is 2.57. The molecule has 0 radical (unpaired) electrons. The van der Waals surface area contributed by atoms with Crippen LogP contribution < -0.4 is 4.90 Å². The van der Waals surface area contributed by atoms with Gasteiger partial charge < -0.3 is 4.90 Å². The lowest BCUT2D eigenvalue weighted by Crippen LogP contribution is -2.29. The van der Waals surface area contributed by atoms with E-state index in [1.807, 2.05) is 6.07 Å². The van der Waals surface area contributed by atoms with E-state index in [1.54, 1.807) is 0 Å². The van der Waals surface area contributed by atoms with Crippen LogP contribution >= 0.6 is 11.6 Å². The average molecular weight is 282 g/mol. The van der Waals surface area contributed by atoms with Crippen LogP contribution in [0, 0.1) is 0 Å². The largest absolute Gasteiger partial charge is 0.353 e. The van der Waals surface area contributed by atoms with Crippen LogP contribution in [0.3, 0.4) is 0 Å². The molecule has 1 saturated carbocycles. The Morgan fingerprint density at radius 3 is 2.53 bits per heavy atom. The molecule has 0 spiro atoms. The SMILES string of the molecule is CCCCN(c1cc(Cl)nc(C(C)(C)C)n1)C1CC1. The zero-order valence-electron chi connectivity index (χ0n) is 12.4. The Balaban J connectivity index is 2.28. The molecule has 1 aliphatic rings. The normalized spacial score (nSPS) is 15.6. The number of hydrogen-bond acceptors (Lipinski definition) is 3. The topological polar surface area (TPSA) is 29.0 Å². The van der Waals surface area contributed by atoms with Crippen LogP contribution in [0.2, 0.25) is 5.15 Å². The van der Waals surface area contributed by atoms with E-state index < -0.39 is 0 Å². The average Bonchev–Trinajstić information content (AvgIpc) is 3.12. The Morgan fingerprint density at radius 1 is 1.32 bits per heavy atom. The van der Waals surface area contributed by atoms with Gasteiger partial charge in [0.15, 0.2) is 0 Å². The van der Waals surface area contributed by atoms with E-state index >= 15 is 0 Å². The molecule has 0 aliphatic heterocycles. The minimum Gasteiger partial charge on any atom is -0.353 e. The molecule has 3 nitrogen and oxygen atoms in total. The number of unbranched alkanes of at least 4 members (excludes halogenated alkanes) is 1. The second-order valence-corrected chi connectivity index (χ2v) is 6.79. The highest BCUT2D eigenvalue weighted by molar-refractivity contribution is 6.29. The lowest BCUT2D eigenvalue weighted by Gasteiger charge is -2.25. The molecule has 4 heteroatoms. The predicted octanol–water partition coefficient (Wildman–Crippen LogP) is 4.20. The third-order valence-corrected chi connectivity index (χ3v) is 3.58. The van der Waals surface area contributed by atoms with Crippen molar-refractivity contribution in [3.05, 3.63) is 17.0 Å². The van der Waals surface area contributed by atoms with Crippen molar-refractivity contribution in [2.75, 3.05) is 11.4 Å². The van der Waals surface area contributed by atoms with Gasteiger partial charge in [0.2, 0.25) is 0 Å². The Morgan fingerprint density at radius 2 is 2.00 bits per heavy atom. The zero-order chi connectivity index (χ0) is 14.0. The van der Waals surface area contributed by atoms with Crippen LogP contribution in [0.4, 0.5) is 5.82 Å². The Bertz CT molecular complexity index is 436. The third kappa shape index (κ3) is 3.82. The van der Waals surface area contributed by atoms with Crippen molar-refractivity contribution in [2.45, 2.75) is 64.8 Å². The Kier molecular flexibility index (Phi) is 4.34. The molecular formula is C15H24ClN3.